The molecular formula is C20H27N5O2. The maximum absolute atomic E-state index is 12.9. The van der Waals surface area contributed by atoms with Gasteiger partial charge in [0, 0.05) is 57.4 Å². The van der Waals surface area contributed by atoms with Gasteiger partial charge in [-0.2, -0.15) is 5.10 Å². The van der Waals surface area contributed by atoms with Crippen LogP contribution in [0, 0.1) is 0 Å². The largest absolute Gasteiger partial charge is 0.378 e. The van der Waals surface area contributed by atoms with Crippen LogP contribution in [0.1, 0.15) is 53.8 Å². The Morgan fingerprint density at radius 1 is 1.15 bits per heavy atom. The van der Waals surface area contributed by atoms with Crippen molar-refractivity contribution < 1.29 is 4.79 Å². The summed E-state index contributed by atoms with van der Waals surface area (Å²) < 4.78 is 3.35. The average molecular weight is 369 g/mol. The van der Waals surface area contributed by atoms with Crippen LogP contribution in [0.15, 0.2) is 29.1 Å². The molecule has 0 unspecified atom stereocenters. The van der Waals surface area contributed by atoms with E-state index >= 15 is 0 Å². The highest BCUT2D eigenvalue weighted by atomic mass is 16.2. The van der Waals surface area contributed by atoms with Crippen molar-refractivity contribution in [1.29, 1.82) is 0 Å². The summed E-state index contributed by atoms with van der Waals surface area (Å²) in [6.45, 7) is 1.40. The van der Waals surface area contributed by atoms with E-state index in [9.17, 15) is 9.59 Å². The predicted molar refractivity (Wildman–Crippen MR) is 104 cm³/mol. The molecule has 2 aromatic rings. The van der Waals surface area contributed by atoms with Gasteiger partial charge in [0.2, 0.25) is 0 Å². The van der Waals surface area contributed by atoms with E-state index in [4.69, 9.17) is 0 Å². The SMILES string of the molecule is CN(C)c1cccc(C(=O)N2CCC(c3nn(C)c(=O)n3C3CC3)CC2)c1. The molecule has 1 amide bonds. The van der Waals surface area contributed by atoms with E-state index in [2.05, 4.69) is 5.10 Å². The zero-order chi connectivity index (χ0) is 19.1. The number of hydrogen-bond donors (Lipinski definition) is 0. The molecule has 2 heterocycles. The van der Waals surface area contributed by atoms with Gasteiger partial charge in [-0.05, 0) is 43.9 Å². The van der Waals surface area contributed by atoms with E-state index in [1.807, 2.05) is 52.7 Å². The number of hydrogen-bond acceptors (Lipinski definition) is 4. The molecule has 2 aliphatic rings. The first-order valence-electron chi connectivity index (χ1n) is 9.68. The van der Waals surface area contributed by atoms with Crippen LogP contribution in [0.25, 0.3) is 0 Å². The summed E-state index contributed by atoms with van der Waals surface area (Å²) >= 11 is 0. The molecule has 1 saturated carbocycles. The zero-order valence-electron chi connectivity index (χ0n) is 16.3. The van der Waals surface area contributed by atoms with Crippen molar-refractivity contribution in [2.24, 2.45) is 7.05 Å². The zero-order valence-corrected chi connectivity index (χ0v) is 16.3. The molecule has 0 spiro atoms. The molecule has 2 fully saturated rings. The van der Waals surface area contributed by atoms with Crippen LogP contribution in [0.5, 0.6) is 0 Å². The molecule has 1 aliphatic heterocycles. The normalized spacial score (nSPS) is 18.0. The van der Waals surface area contributed by atoms with E-state index in [0.717, 1.165) is 42.8 Å². The van der Waals surface area contributed by atoms with Crippen molar-refractivity contribution >= 4 is 11.6 Å². The Hall–Kier alpha value is -2.57. The maximum atomic E-state index is 12.9. The fraction of sp³-hybridized carbons (Fsp3) is 0.550. The molecule has 0 bridgehead atoms. The third kappa shape index (κ3) is 3.38. The molecule has 7 nitrogen and oxygen atoms in total. The van der Waals surface area contributed by atoms with Crippen molar-refractivity contribution in [3.63, 3.8) is 0 Å². The number of amides is 1. The Balaban J connectivity index is 1.47. The molecule has 1 saturated heterocycles. The van der Waals surface area contributed by atoms with E-state index in [0.29, 0.717) is 19.1 Å². The highest BCUT2D eigenvalue weighted by Gasteiger charge is 2.34. The molecule has 1 aromatic carbocycles. The Kier molecular flexibility index (Phi) is 4.53. The molecular weight excluding hydrogens is 342 g/mol. The number of likely N-dealkylation sites (tertiary alicyclic amines) is 1. The number of aryl methyl sites for hydroxylation is 1. The van der Waals surface area contributed by atoms with Gasteiger partial charge in [-0.1, -0.05) is 6.07 Å². The molecule has 27 heavy (non-hydrogen) atoms. The second kappa shape index (κ2) is 6.87. The lowest BCUT2D eigenvalue weighted by molar-refractivity contribution is 0.0710. The first kappa shape index (κ1) is 17.8. The number of anilines is 1. The number of piperidine rings is 1. The molecule has 0 radical (unpaired) electrons. The van der Waals surface area contributed by atoms with Crippen molar-refractivity contribution in [3.05, 3.63) is 46.1 Å². The van der Waals surface area contributed by atoms with Crippen molar-refractivity contribution in [2.75, 3.05) is 32.1 Å². The Morgan fingerprint density at radius 2 is 1.85 bits per heavy atom. The van der Waals surface area contributed by atoms with E-state index in [1.165, 1.54) is 4.68 Å². The average Bonchev–Trinajstić information content (AvgIpc) is 3.47. The van der Waals surface area contributed by atoms with Crippen LogP contribution in [0.4, 0.5) is 5.69 Å². The quantitative estimate of drug-likeness (QED) is 0.827. The summed E-state index contributed by atoms with van der Waals surface area (Å²) in [6.07, 6.45) is 3.83. The summed E-state index contributed by atoms with van der Waals surface area (Å²) in [7, 11) is 5.67. The lowest BCUT2D eigenvalue weighted by Gasteiger charge is -2.32. The molecule has 7 heteroatoms. The summed E-state index contributed by atoms with van der Waals surface area (Å²) in [5.41, 5.74) is 1.75. The van der Waals surface area contributed by atoms with Gasteiger partial charge in [-0.15, -0.1) is 0 Å². The summed E-state index contributed by atoms with van der Waals surface area (Å²) in [5.74, 6) is 1.24. The molecule has 144 valence electrons. The predicted octanol–water partition coefficient (Wildman–Crippen LogP) is 2.00. The van der Waals surface area contributed by atoms with Crippen LogP contribution in [-0.2, 0) is 7.05 Å². The number of carbonyl (C=O) groups is 1. The summed E-state index contributed by atoms with van der Waals surface area (Å²) in [6, 6.07) is 8.08. The number of rotatable bonds is 4. The van der Waals surface area contributed by atoms with Crippen LogP contribution in [0.2, 0.25) is 0 Å². The minimum absolute atomic E-state index is 0.00786. The maximum Gasteiger partial charge on any atom is 0.345 e. The minimum Gasteiger partial charge on any atom is -0.378 e. The van der Waals surface area contributed by atoms with Gasteiger partial charge in [0.1, 0.15) is 5.82 Å². The van der Waals surface area contributed by atoms with E-state index in [1.54, 1.807) is 7.05 Å². The Labute approximate surface area is 159 Å². The third-order valence-corrected chi connectivity index (χ3v) is 5.65. The minimum atomic E-state index is -0.00786. The van der Waals surface area contributed by atoms with Gasteiger partial charge in [0.25, 0.3) is 5.91 Å². The summed E-state index contributed by atoms with van der Waals surface area (Å²) in [5, 5.41) is 4.51. The smallest absolute Gasteiger partial charge is 0.345 e. The number of aromatic nitrogens is 3. The van der Waals surface area contributed by atoms with Crippen LogP contribution >= 0.6 is 0 Å². The fourth-order valence-corrected chi connectivity index (χ4v) is 3.89. The lowest BCUT2D eigenvalue weighted by atomic mass is 9.95. The second-order valence-corrected chi connectivity index (χ2v) is 7.88. The van der Waals surface area contributed by atoms with Crippen LogP contribution in [0.3, 0.4) is 0 Å². The second-order valence-electron chi connectivity index (χ2n) is 7.88. The number of carbonyl (C=O) groups excluding carboxylic acids is 1. The first-order valence-corrected chi connectivity index (χ1v) is 9.68. The number of benzene rings is 1. The third-order valence-electron chi connectivity index (χ3n) is 5.65. The monoisotopic (exact) mass is 369 g/mol. The highest BCUT2D eigenvalue weighted by Crippen LogP contribution is 2.37. The topological polar surface area (TPSA) is 63.4 Å². The Morgan fingerprint density at radius 3 is 2.48 bits per heavy atom. The van der Waals surface area contributed by atoms with Gasteiger partial charge in [0.15, 0.2) is 0 Å². The first-order chi connectivity index (χ1) is 13.0. The van der Waals surface area contributed by atoms with E-state index in [-0.39, 0.29) is 17.5 Å². The van der Waals surface area contributed by atoms with Crippen molar-refractivity contribution in [3.8, 4) is 0 Å². The summed E-state index contributed by atoms with van der Waals surface area (Å²) in [4.78, 5) is 29.2. The van der Waals surface area contributed by atoms with E-state index < -0.39 is 0 Å². The standard InChI is InChI=1S/C20H27N5O2/c1-22(2)17-6-4-5-15(13-17)19(26)24-11-9-14(10-12-24)18-21-23(3)20(27)25(18)16-7-8-16/h4-6,13-14,16H,7-12H2,1-3H3. The highest BCUT2D eigenvalue weighted by molar-refractivity contribution is 5.95. The van der Waals surface area contributed by atoms with Crippen LogP contribution < -0.4 is 10.6 Å². The van der Waals surface area contributed by atoms with Gasteiger partial charge >= 0.3 is 5.69 Å². The lowest BCUT2D eigenvalue weighted by Crippen LogP contribution is -2.38. The molecule has 1 aromatic heterocycles. The van der Waals surface area contributed by atoms with Crippen molar-refractivity contribution in [2.45, 2.75) is 37.6 Å². The van der Waals surface area contributed by atoms with Crippen molar-refractivity contribution in [1.82, 2.24) is 19.2 Å². The van der Waals surface area contributed by atoms with Crippen LogP contribution in [-0.4, -0.2) is 52.3 Å². The van der Waals surface area contributed by atoms with Gasteiger partial charge < -0.3 is 9.80 Å². The van der Waals surface area contributed by atoms with Gasteiger partial charge in [0.05, 0.1) is 0 Å². The Bertz CT molecular complexity index is 901. The molecule has 1 aliphatic carbocycles. The molecule has 0 N–H and O–H groups in total. The molecule has 0 atom stereocenters. The fourth-order valence-electron chi connectivity index (χ4n) is 3.89. The van der Waals surface area contributed by atoms with Gasteiger partial charge in [-0.3, -0.25) is 9.36 Å². The van der Waals surface area contributed by atoms with Gasteiger partial charge in [-0.25, -0.2) is 9.48 Å². The molecule has 4 rings (SSSR count). The number of nitrogens with zero attached hydrogens (tertiary/aromatic N) is 5.